The molecule has 1 unspecified atom stereocenters. The molecule has 0 bridgehead atoms. The van der Waals surface area contributed by atoms with E-state index in [-0.39, 0.29) is 0 Å². The minimum Gasteiger partial charge on any atom is -0.339 e. The van der Waals surface area contributed by atoms with Crippen LogP contribution in [0.4, 0.5) is 0 Å². The van der Waals surface area contributed by atoms with E-state index >= 15 is 0 Å². The normalized spacial score (nSPS) is 16.1. The first kappa shape index (κ1) is 14.5. The van der Waals surface area contributed by atoms with Crippen molar-refractivity contribution in [2.45, 2.75) is 38.6 Å². The topological polar surface area (TPSA) is 63.8 Å². The summed E-state index contributed by atoms with van der Waals surface area (Å²) in [4.78, 5) is 8.64. The number of nitrogens with one attached hydrogen (secondary N) is 1. The molecule has 21 heavy (non-hydrogen) atoms. The predicted octanol–water partition coefficient (Wildman–Crippen LogP) is 3.11. The van der Waals surface area contributed by atoms with Crippen molar-refractivity contribution in [1.29, 1.82) is 0 Å². The zero-order valence-corrected chi connectivity index (χ0v) is 12.8. The van der Waals surface area contributed by atoms with E-state index in [2.05, 4.69) is 27.4 Å². The third-order valence-corrected chi connectivity index (χ3v) is 3.99. The number of halogens is 1. The van der Waals surface area contributed by atoms with Crippen molar-refractivity contribution in [2.75, 3.05) is 6.54 Å². The van der Waals surface area contributed by atoms with Gasteiger partial charge in [0.05, 0.1) is 5.02 Å². The molecule has 0 amide bonds. The molecular weight excluding hydrogens is 288 g/mol. The van der Waals surface area contributed by atoms with Crippen LogP contribution in [-0.2, 0) is 6.42 Å². The molecule has 0 spiro atoms. The number of hydrogen-bond donors (Lipinski definition) is 1. The zero-order valence-electron chi connectivity index (χ0n) is 12.1. The highest BCUT2D eigenvalue weighted by atomic mass is 35.5. The van der Waals surface area contributed by atoms with E-state index in [1.807, 2.05) is 0 Å². The van der Waals surface area contributed by atoms with Crippen LogP contribution in [0, 0.1) is 5.92 Å². The van der Waals surface area contributed by atoms with Gasteiger partial charge in [-0.3, -0.25) is 4.98 Å². The van der Waals surface area contributed by atoms with Crippen molar-refractivity contribution in [1.82, 2.24) is 20.4 Å². The number of hydrogen-bond acceptors (Lipinski definition) is 5. The molecule has 3 rings (SSSR count). The second-order valence-corrected chi connectivity index (χ2v) is 5.85. The summed E-state index contributed by atoms with van der Waals surface area (Å²) >= 11 is 6.11. The maximum atomic E-state index is 6.11. The lowest BCUT2D eigenvalue weighted by atomic mass is 10.1. The van der Waals surface area contributed by atoms with Crippen LogP contribution in [-0.4, -0.2) is 27.7 Å². The minimum absolute atomic E-state index is 0.428. The van der Waals surface area contributed by atoms with E-state index in [1.165, 1.54) is 12.8 Å². The van der Waals surface area contributed by atoms with Gasteiger partial charge in [-0.25, -0.2) is 0 Å². The van der Waals surface area contributed by atoms with Crippen LogP contribution in [0.2, 0.25) is 5.02 Å². The number of aromatic nitrogens is 3. The Balaban J connectivity index is 1.71. The van der Waals surface area contributed by atoms with Crippen LogP contribution in [0.15, 0.2) is 22.9 Å². The SMILES string of the molecule is CCCNC(Cc1nc(-c2ncccc2Cl)no1)C1CC1. The quantitative estimate of drug-likeness (QED) is 0.851. The third kappa shape index (κ3) is 3.60. The Morgan fingerprint density at radius 3 is 3.05 bits per heavy atom. The summed E-state index contributed by atoms with van der Waals surface area (Å²) in [5, 5.41) is 8.11. The average molecular weight is 307 g/mol. The molecule has 2 heterocycles. The van der Waals surface area contributed by atoms with Crippen molar-refractivity contribution in [2.24, 2.45) is 5.92 Å². The zero-order chi connectivity index (χ0) is 14.7. The summed E-state index contributed by atoms with van der Waals surface area (Å²) < 4.78 is 5.36. The molecule has 1 atom stereocenters. The monoisotopic (exact) mass is 306 g/mol. The van der Waals surface area contributed by atoms with E-state index in [9.17, 15) is 0 Å². The first-order chi connectivity index (χ1) is 10.3. The van der Waals surface area contributed by atoms with Gasteiger partial charge < -0.3 is 9.84 Å². The van der Waals surface area contributed by atoms with E-state index in [1.54, 1.807) is 18.3 Å². The highest BCUT2D eigenvalue weighted by molar-refractivity contribution is 6.32. The van der Waals surface area contributed by atoms with Gasteiger partial charge in [0.1, 0.15) is 5.69 Å². The van der Waals surface area contributed by atoms with Crippen LogP contribution in [0.1, 0.15) is 32.1 Å². The molecule has 1 N–H and O–H groups in total. The smallest absolute Gasteiger partial charge is 0.228 e. The lowest BCUT2D eigenvalue weighted by Gasteiger charge is -2.15. The lowest BCUT2D eigenvalue weighted by Crippen LogP contribution is -2.33. The second-order valence-electron chi connectivity index (χ2n) is 5.45. The number of nitrogens with zero attached hydrogens (tertiary/aromatic N) is 3. The summed E-state index contributed by atoms with van der Waals surface area (Å²) in [6.45, 7) is 3.19. The van der Waals surface area contributed by atoms with Gasteiger partial charge >= 0.3 is 0 Å². The Bertz CT molecular complexity index is 597. The maximum absolute atomic E-state index is 6.11. The Kier molecular flexibility index (Phi) is 4.51. The van der Waals surface area contributed by atoms with E-state index in [4.69, 9.17) is 16.1 Å². The van der Waals surface area contributed by atoms with Crippen LogP contribution < -0.4 is 5.32 Å². The maximum Gasteiger partial charge on any atom is 0.228 e. The van der Waals surface area contributed by atoms with Crippen LogP contribution in [0.25, 0.3) is 11.5 Å². The molecule has 0 radical (unpaired) electrons. The van der Waals surface area contributed by atoms with Gasteiger partial charge in [-0.2, -0.15) is 4.98 Å². The minimum atomic E-state index is 0.428. The summed E-state index contributed by atoms with van der Waals surface area (Å²) in [6.07, 6.45) is 6.14. The molecule has 1 saturated carbocycles. The van der Waals surface area contributed by atoms with Gasteiger partial charge in [-0.1, -0.05) is 23.7 Å². The van der Waals surface area contributed by atoms with Gasteiger partial charge in [0, 0.05) is 18.7 Å². The van der Waals surface area contributed by atoms with Crippen molar-refractivity contribution in [3.63, 3.8) is 0 Å². The summed E-state index contributed by atoms with van der Waals surface area (Å²) in [6, 6.07) is 3.98. The summed E-state index contributed by atoms with van der Waals surface area (Å²) in [5.41, 5.74) is 0.568. The third-order valence-electron chi connectivity index (χ3n) is 3.68. The summed E-state index contributed by atoms with van der Waals surface area (Å²) in [5.74, 6) is 1.85. The molecule has 112 valence electrons. The molecule has 0 saturated heterocycles. The highest BCUT2D eigenvalue weighted by Gasteiger charge is 2.32. The van der Waals surface area contributed by atoms with Crippen molar-refractivity contribution < 1.29 is 4.52 Å². The Morgan fingerprint density at radius 1 is 1.48 bits per heavy atom. The van der Waals surface area contributed by atoms with E-state index in [0.717, 1.165) is 25.3 Å². The summed E-state index contributed by atoms with van der Waals surface area (Å²) in [7, 11) is 0. The van der Waals surface area contributed by atoms with Gasteiger partial charge in [-0.15, -0.1) is 0 Å². The Hall–Kier alpha value is -1.46. The molecule has 2 aromatic rings. The van der Waals surface area contributed by atoms with E-state index in [0.29, 0.717) is 28.5 Å². The number of pyridine rings is 1. The van der Waals surface area contributed by atoms with Crippen molar-refractivity contribution in [3.05, 3.63) is 29.2 Å². The van der Waals surface area contributed by atoms with Crippen LogP contribution in [0.3, 0.4) is 0 Å². The van der Waals surface area contributed by atoms with Gasteiger partial charge in [-0.05, 0) is 43.9 Å². The predicted molar refractivity (Wildman–Crippen MR) is 81.0 cm³/mol. The standard InChI is InChI=1S/C15H19ClN4O/c1-2-7-17-12(10-5-6-10)9-13-19-15(20-21-13)14-11(16)4-3-8-18-14/h3-4,8,10,12,17H,2,5-7,9H2,1H3. The molecule has 5 nitrogen and oxygen atoms in total. The van der Waals surface area contributed by atoms with Crippen LogP contribution in [0.5, 0.6) is 0 Å². The Morgan fingerprint density at radius 2 is 2.33 bits per heavy atom. The largest absolute Gasteiger partial charge is 0.339 e. The van der Waals surface area contributed by atoms with Gasteiger partial charge in [0.15, 0.2) is 0 Å². The van der Waals surface area contributed by atoms with Gasteiger partial charge in [0.25, 0.3) is 0 Å². The Labute approximate surface area is 129 Å². The fourth-order valence-corrected chi connectivity index (χ4v) is 2.61. The lowest BCUT2D eigenvalue weighted by molar-refractivity contribution is 0.346. The van der Waals surface area contributed by atoms with Gasteiger partial charge in [0.2, 0.25) is 11.7 Å². The molecule has 0 aromatic carbocycles. The first-order valence-electron chi connectivity index (χ1n) is 7.44. The molecular formula is C15H19ClN4O. The van der Waals surface area contributed by atoms with Crippen molar-refractivity contribution >= 4 is 11.6 Å². The van der Waals surface area contributed by atoms with E-state index < -0.39 is 0 Å². The molecule has 6 heteroatoms. The van der Waals surface area contributed by atoms with Crippen LogP contribution >= 0.6 is 11.6 Å². The first-order valence-corrected chi connectivity index (χ1v) is 7.82. The average Bonchev–Trinajstić information content (AvgIpc) is 3.24. The van der Waals surface area contributed by atoms with Crippen molar-refractivity contribution in [3.8, 4) is 11.5 Å². The second kappa shape index (κ2) is 6.54. The fourth-order valence-electron chi connectivity index (χ4n) is 2.41. The molecule has 1 fully saturated rings. The number of rotatable bonds is 7. The molecule has 2 aromatic heterocycles. The highest BCUT2D eigenvalue weighted by Crippen LogP contribution is 2.34. The molecule has 1 aliphatic rings. The fraction of sp³-hybridized carbons (Fsp3) is 0.533. The molecule has 0 aliphatic heterocycles. The molecule has 1 aliphatic carbocycles.